The normalized spacial score (nSPS) is 20.4. The maximum Gasteiger partial charge on any atom is 0.314 e. The second-order valence-corrected chi connectivity index (χ2v) is 6.49. The summed E-state index contributed by atoms with van der Waals surface area (Å²) in [6.45, 7) is 2.18. The van der Waals surface area contributed by atoms with Crippen LogP contribution in [-0.4, -0.2) is 5.97 Å². The molecule has 0 aliphatic heterocycles. The van der Waals surface area contributed by atoms with Crippen LogP contribution in [0.15, 0.2) is 12.1 Å². The van der Waals surface area contributed by atoms with Gasteiger partial charge in [0.05, 0.1) is 11.5 Å². The van der Waals surface area contributed by atoms with E-state index in [9.17, 15) is 13.6 Å². The molecule has 1 fully saturated rings. The Hall–Kier alpha value is -1.96. The Morgan fingerprint density at radius 2 is 1.92 bits per heavy atom. The molecule has 0 amide bonds. The highest BCUT2D eigenvalue weighted by Gasteiger charge is 2.28. The van der Waals surface area contributed by atoms with Crippen LogP contribution < -0.4 is 4.74 Å². The number of nitrogens with zero attached hydrogens (tertiary/aromatic N) is 1. The molecule has 1 aromatic carbocycles. The lowest BCUT2D eigenvalue weighted by Crippen LogP contribution is -2.26. The Balaban J connectivity index is 1.88. The number of ether oxygens (including phenoxy) is 1. The summed E-state index contributed by atoms with van der Waals surface area (Å²) in [7, 11) is 0. The molecule has 1 aliphatic rings. The molecule has 0 unspecified atom stereocenters. The van der Waals surface area contributed by atoms with Gasteiger partial charge in [-0.3, -0.25) is 4.79 Å². The average molecular weight is 335 g/mol. The third kappa shape index (κ3) is 4.53. The fourth-order valence-electron chi connectivity index (χ4n) is 3.26. The second-order valence-electron chi connectivity index (χ2n) is 6.49. The van der Waals surface area contributed by atoms with E-state index in [1.54, 1.807) is 6.07 Å². The van der Waals surface area contributed by atoms with Crippen LogP contribution in [0.1, 0.15) is 63.9 Å². The number of carbonyl (C=O) groups excluding carboxylic acids is 1. The Labute approximate surface area is 141 Å². The first kappa shape index (κ1) is 18.4. The predicted octanol–water partition coefficient (Wildman–Crippen LogP) is 5.13. The quantitative estimate of drug-likeness (QED) is 0.411. The first-order chi connectivity index (χ1) is 11.6. The highest BCUT2D eigenvalue weighted by Crippen LogP contribution is 2.33. The number of nitriles is 1. The van der Waals surface area contributed by atoms with Crippen LogP contribution in [0.5, 0.6) is 5.75 Å². The molecular formula is C19H23F2NO2. The number of carbonyl (C=O) groups is 1. The molecule has 0 aromatic heterocycles. The monoisotopic (exact) mass is 335 g/mol. The van der Waals surface area contributed by atoms with Crippen molar-refractivity contribution >= 4 is 5.97 Å². The Morgan fingerprint density at radius 1 is 1.21 bits per heavy atom. The third-order valence-corrected chi connectivity index (χ3v) is 4.77. The molecule has 1 aliphatic carbocycles. The standard InChI is InChI=1S/C19H23F2NO2/c1-2-3-4-5-13-6-8-14(9-7-13)19(23)24-16-11-10-15(12-22)17(20)18(16)21/h10-11,13-14H,2-9H2,1H3/t13-,14-. The summed E-state index contributed by atoms with van der Waals surface area (Å²) in [5, 5.41) is 8.66. The zero-order valence-electron chi connectivity index (χ0n) is 14.0. The molecule has 1 aromatic rings. The van der Waals surface area contributed by atoms with E-state index in [1.165, 1.54) is 25.7 Å². The number of unbranched alkanes of at least 4 members (excludes halogenated alkanes) is 2. The summed E-state index contributed by atoms with van der Waals surface area (Å²) in [5.41, 5.74) is -0.403. The highest BCUT2D eigenvalue weighted by atomic mass is 19.2. The van der Waals surface area contributed by atoms with E-state index >= 15 is 0 Å². The van der Waals surface area contributed by atoms with E-state index in [0.717, 1.165) is 37.8 Å². The first-order valence-corrected chi connectivity index (χ1v) is 8.66. The van der Waals surface area contributed by atoms with E-state index < -0.39 is 28.9 Å². The van der Waals surface area contributed by atoms with Crippen LogP contribution in [0.25, 0.3) is 0 Å². The van der Waals surface area contributed by atoms with Crippen molar-refractivity contribution in [3.05, 3.63) is 29.3 Å². The number of benzene rings is 1. The van der Waals surface area contributed by atoms with Gasteiger partial charge in [-0.2, -0.15) is 9.65 Å². The van der Waals surface area contributed by atoms with Crippen molar-refractivity contribution in [1.29, 1.82) is 5.26 Å². The largest absolute Gasteiger partial charge is 0.423 e. The average Bonchev–Trinajstić information content (AvgIpc) is 2.60. The van der Waals surface area contributed by atoms with E-state index in [-0.39, 0.29) is 5.92 Å². The van der Waals surface area contributed by atoms with Crippen molar-refractivity contribution in [2.45, 2.75) is 58.3 Å². The van der Waals surface area contributed by atoms with E-state index in [0.29, 0.717) is 5.92 Å². The molecule has 0 spiro atoms. The van der Waals surface area contributed by atoms with Gasteiger partial charge in [0, 0.05) is 0 Å². The third-order valence-electron chi connectivity index (χ3n) is 4.77. The first-order valence-electron chi connectivity index (χ1n) is 8.66. The van der Waals surface area contributed by atoms with Crippen LogP contribution in [0.3, 0.4) is 0 Å². The molecule has 0 atom stereocenters. The van der Waals surface area contributed by atoms with Crippen LogP contribution in [-0.2, 0) is 4.79 Å². The minimum atomic E-state index is -1.28. The van der Waals surface area contributed by atoms with Gasteiger partial charge in [-0.1, -0.05) is 32.6 Å². The summed E-state index contributed by atoms with van der Waals surface area (Å²) in [5.74, 6) is -3.11. The minimum absolute atomic E-state index is 0.259. The van der Waals surface area contributed by atoms with Gasteiger partial charge in [-0.15, -0.1) is 0 Å². The van der Waals surface area contributed by atoms with E-state index in [1.807, 2.05) is 0 Å². The van der Waals surface area contributed by atoms with Gasteiger partial charge >= 0.3 is 5.97 Å². The van der Waals surface area contributed by atoms with Crippen molar-refractivity contribution in [1.82, 2.24) is 0 Å². The number of hydrogen-bond donors (Lipinski definition) is 0. The maximum absolute atomic E-state index is 13.8. The van der Waals surface area contributed by atoms with Crippen LogP contribution in [0, 0.1) is 34.8 Å². The number of halogens is 2. The van der Waals surface area contributed by atoms with Gasteiger partial charge in [0.2, 0.25) is 5.82 Å². The topological polar surface area (TPSA) is 50.1 Å². The van der Waals surface area contributed by atoms with Crippen LogP contribution in [0.4, 0.5) is 8.78 Å². The molecule has 0 saturated heterocycles. The summed E-state index contributed by atoms with van der Waals surface area (Å²) in [4.78, 5) is 12.2. The molecule has 3 nitrogen and oxygen atoms in total. The number of hydrogen-bond acceptors (Lipinski definition) is 3. The van der Waals surface area contributed by atoms with Gasteiger partial charge in [0.1, 0.15) is 6.07 Å². The zero-order chi connectivity index (χ0) is 17.5. The highest BCUT2D eigenvalue weighted by molar-refractivity contribution is 5.75. The van der Waals surface area contributed by atoms with Gasteiger partial charge in [0.25, 0.3) is 0 Å². The maximum atomic E-state index is 13.8. The molecule has 1 saturated carbocycles. The Bertz CT molecular complexity index is 617. The molecule has 5 heteroatoms. The van der Waals surface area contributed by atoms with E-state index in [2.05, 4.69) is 6.92 Å². The predicted molar refractivity (Wildman–Crippen MR) is 86.3 cm³/mol. The van der Waals surface area contributed by atoms with Crippen molar-refractivity contribution in [3.63, 3.8) is 0 Å². The zero-order valence-corrected chi connectivity index (χ0v) is 14.0. The van der Waals surface area contributed by atoms with Crippen molar-refractivity contribution < 1.29 is 18.3 Å². The summed E-state index contributed by atoms with van der Waals surface area (Å²) < 4.78 is 32.4. The minimum Gasteiger partial charge on any atom is -0.423 e. The SMILES string of the molecule is CCCCC[C@H]1CC[C@H](C(=O)Oc2ccc(C#N)c(F)c2F)CC1. The molecule has 130 valence electrons. The summed E-state index contributed by atoms with van der Waals surface area (Å²) in [6.07, 6.45) is 8.30. The van der Waals surface area contributed by atoms with Gasteiger partial charge in [-0.25, -0.2) is 4.39 Å². The van der Waals surface area contributed by atoms with Gasteiger partial charge < -0.3 is 4.74 Å². The molecule has 0 heterocycles. The second kappa shape index (κ2) is 8.77. The lowest BCUT2D eigenvalue weighted by Gasteiger charge is -2.27. The summed E-state index contributed by atoms with van der Waals surface area (Å²) >= 11 is 0. The van der Waals surface area contributed by atoms with Crippen molar-refractivity contribution in [2.75, 3.05) is 0 Å². The van der Waals surface area contributed by atoms with Crippen LogP contribution in [0.2, 0.25) is 0 Å². The lowest BCUT2D eigenvalue weighted by atomic mass is 9.80. The molecule has 0 bridgehead atoms. The molecule has 0 N–H and O–H groups in total. The number of rotatable bonds is 6. The van der Waals surface area contributed by atoms with Gasteiger partial charge in [-0.05, 0) is 43.7 Å². The Kier molecular flexibility index (Phi) is 6.72. The fraction of sp³-hybridized carbons (Fsp3) is 0.579. The van der Waals surface area contributed by atoms with E-state index in [4.69, 9.17) is 10.00 Å². The van der Waals surface area contributed by atoms with Crippen LogP contribution >= 0.6 is 0 Å². The Morgan fingerprint density at radius 3 is 2.54 bits per heavy atom. The fourth-order valence-corrected chi connectivity index (χ4v) is 3.26. The summed E-state index contributed by atoms with van der Waals surface area (Å²) in [6, 6.07) is 3.80. The molecule has 2 rings (SSSR count). The molecular weight excluding hydrogens is 312 g/mol. The number of esters is 1. The van der Waals surface area contributed by atoms with Crippen molar-refractivity contribution in [2.24, 2.45) is 11.8 Å². The lowest BCUT2D eigenvalue weighted by molar-refractivity contribution is -0.140. The molecule has 24 heavy (non-hydrogen) atoms. The van der Waals surface area contributed by atoms with Gasteiger partial charge in [0.15, 0.2) is 11.6 Å². The molecule has 0 radical (unpaired) electrons. The van der Waals surface area contributed by atoms with Crippen molar-refractivity contribution in [3.8, 4) is 11.8 Å². The smallest absolute Gasteiger partial charge is 0.314 e.